The van der Waals surface area contributed by atoms with Crippen molar-refractivity contribution in [1.29, 1.82) is 0 Å². The lowest BCUT2D eigenvalue weighted by atomic mass is 10.1. The summed E-state index contributed by atoms with van der Waals surface area (Å²) < 4.78 is 5.73. The van der Waals surface area contributed by atoms with Gasteiger partial charge in [0, 0.05) is 56.9 Å². The molecule has 0 bridgehead atoms. The lowest BCUT2D eigenvalue weighted by Gasteiger charge is -2.35. The number of amides is 1. The third-order valence-corrected chi connectivity index (χ3v) is 4.45. The summed E-state index contributed by atoms with van der Waals surface area (Å²) in [5, 5.41) is 13.4. The number of hydrogen-bond donors (Lipinski definition) is 3. The van der Waals surface area contributed by atoms with Crippen molar-refractivity contribution in [3.8, 4) is 0 Å². The van der Waals surface area contributed by atoms with Crippen LogP contribution in [0.4, 0.5) is 0 Å². The number of H-pyrrole nitrogens is 1. The van der Waals surface area contributed by atoms with Gasteiger partial charge in [0.1, 0.15) is 0 Å². The van der Waals surface area contributed by atoms with Gasteiger partial charge in [0.15, 0.2) is 5.69 Å². The molecule has 1 fully saturated rings. The van der Waals surface area contributed by atoms with Gasteiger partial charge in [0.2, 0.25) is 0 Å². The van der Waals surface area contributed by atoms with E-state index in [2.05, 4.69) is 39.6 Å². The fraction of sp³-hybridized carbons (Fsp3) is 0.750. The Morgan fingerprint density at radius 2 is 2.17 bits per heavy atom. The fourth-order valence-corrected chi connectivity index (χ4v) is 3.47. The minimum absolute atomic E-state index is 0.0742. The van der Waals surface area contributed by atoms with Crippen LogP contribution in [0.5, 0.6) is 0 Å². The summed E-state index contributed by atoms with van der Waals surface area (Å²) in [7, 11) is 0. The molecule has 7 nitrogen and oxygen atoms in total. The largest absolute Gasteiger partial charge is 0.373 e. The summed E-state index contributed by atoms with van der Waals surface area (Å²) >= 11 is 0. The molecule has 1 amide bonds. The van der Waals surface area contributed by atoms with E-state index >= 15 is 0 Å². The van der Waals surface area contributed by atoms with Gasteiger partial charge in [-0.1, -0.05) is 0 Å². The Kier molecular flexibility index (Phi) is 5.30. The monoisotopic (exact) mass is 321 g/mol. The second-order valence-corrected chi connectivity index (χ2v) is 6.58. The molecule has 0 radical (unpaired) electrons. The number of carbonyl (C=O) groups excluding carboxylic acids is 1. The molecule has 2 atom stereocenters. The Morgan fingerprint density at radius 1 is 1.39 bits per heavy atom. The van der Waals surface area contributed by atoms with Crippen molar-refractivity contribution in [2.45, 2.75) is 45.4 Å². The van der Waals surface area contributed by atoms with E-state index in [0.717, 1.165) is 56.8 Å². The van der Waals surface area contributed by atoms with Crippen molar-refractivity contribution in [3.05, 3.63) is 17.0 Å². The Hall–Kier alpha value is -1.44. The molecule has 1 aromatic heterocycles. The van der Waals surface area contributed by atoms with Crippen molar-refractivity contribution in [2.24, 2.45) is 0 Å². The maximum atomic E-state index is 12.3. The Morgan fingerprint density at radius 3 is 2.96 bits per heavy atom. The molecule has 0 aromatic carbocycles. The van der Waals surface area contributed by atoms with E-state index in [1.54, 1.807) is 0 Å². The Bertz CT molecular complexity index is 535. The van der Waals surface area contributed by atoms with Crippen LogP contribution in [0.3, 0.4) is 0 Å². The zero-order valence-electron chi connectivity index (χ0n) is 14.0. The van der Waals surface area contributed by atoms with Gasteiger partial charge in [-0.25, -0.2) is 0 Å². The summed E-state index contributed by atoms with van der Waals surface area (Å²) in [5.74, 6) is -0.0742. The number of morpholine rings is 1. The molecule has 2 aliphatic heterocycles. The first-order chi connectivity index (χ1) is 11.1. The highest BCUT2D eigenvalue weighted by molar-refractivity contribution is 5.94. The van der Waals surface area contributed by atoms with E-state index in [1.807, 2.05) is 0 Å². The highest BCUT2D eigenvalue weighted by atomic mass is 16.5. The third kappa shape index (κ3) is 4.10. The SMILES string of the molecule is CC1CN(CCCNC(=O)c2n[nH]c3c2CNCC3)CC(C)O1. The highest BCUT2D eigenvalue weighted by Crippen LogP contribution is 2.15. The number of fused-ring (bicyclic) bond motifs is 1. The number of nitrogens with zero attached hydrogens (tertiary/aromatic N) is 2. The van der Waals surface area contributed by atoms with Crippen molar-refractivity contribution in [3.63, 3.8) is 0 Å². The Balaban J connectivity index is 1.42. The van der Waals surface area contributed by atoms with Gasteiger partial charge in [-0.2, -0.15) is 5.10 Å². The van der Waals surface area contributed by atoms with Crippen LogP contribution in [0.1, 0.15) is 42.0 Å². The number of hydrogen-bond acceptors (Lipinski definition) is 5. The second kappa shape index (κ2) is 7.42. The number of carbonyl (C=O) groups is 1. The van der Waals surface area contributed by atoms with E-state index < -0.39 is 0 Å². The van der Waals surface area contributed by atoms with Gasteiger partial charge in [-0.3, -0.25) is 14.8 Å². The van der Waals surface area contributed by atoms with Crippen molar-refractivity contribution in [2.75, 3.05) is 32.7 Å². The number of ether oxygens (including phenoxy) is 1. The predicted octanol–water partition coefficient (Wildman–Crippen LogP) is 0.285. The van der Waals surface area contributed by atoms with Gasteiger partial charge >= 0.3 is 0 Å². The molecule has 2 aliphatic rings. The van der Waals surface area contributed by atoms with Crippen molar-refractivity contribution < 1.29 is 9.53 Å². The van der Waals surface area contributed by atoms with Crippen molar-refractivity contribution >= 4 is 5.91 Å². The smallest absolute Gasteiger partial charge is 0.272 e. The molecule has 128 valence electrons. The standard InChI is InChI=1S/C16H27N5O2/c1-11-9-21(10-12(2)23-11)7-3-5-18-16(22)15-13-8-17-6-4-14(13)19-20-15/h11-12,17H,3-10H2,1-2H3,(H,18,22)(H,19,20). The van der Waals surface area contributed by atoms with Gasteiger partial charge in [0.25, 0.3) is 5.91 Å². The van der Waals surface area contributed by atoms with Crippen LogP contribution in [0.15, 0.2) is 0 Å². The van der Waals surface area contributed by atoms with Crippen LogP contribution >= 0.6 is 0 Å². The second-order valence-electron chi connectivity index (χ2n) is 6.58. The fourth-order valence-electron chi connectivity index (χ4n) is 3.47. The summed E-state index contributed by atoms with van der Waals surface area (Å²) in [4.78, 5) is 14.7. The molecular formula is C16H27N5O2. The van der Waals surface area contributed by atoms with Crippen LogP contribution in [-0.2, 0) is 17.7 Å². The minimum atomic E-state index is -0.0742. The Labute approximate surface area is 137 Å². The van der Waals surface area contributed by atoms with Crippen molar-refractivity contribution in [1.82, 2.24) is 25.7 Å². The first-order valence-corrected chi connectivity index (χ1v) is 8.56. The normalized spacial score (nSPS) is 25.1. The average Bonchev–Trinajstić information content (AvgIpc) is 2.94. The molecule has 1 aromatic rings. The topological polar surface area (TPSA) is 82.3 Å². The summed E-state index contributed by atoms with van der Waals surface area (Å²) in [6.45, 7) is 9.48. The first kappa shape index (κ1) is 16.4. The zero-order chi connectivity index (χ0) is 16.2. The van der Waals surface area contributed by atoms with Crippen LogP contribution in [0.2, 0.25) is 0 Å². The van der Waals surface area contributed by atoms with Gasteiger partial charge < -0.3 is 15.4 Å². The first-order valence-electron chi connectivity index (χ1n) is 8.56. The van der Waals surface area contributed by atoms with E-state index in [-0.39, 0.29) is 18.1 Å². The average molecular weight is 321 g/mol. The molecule has 1 saturated heterocycles. The third-order valence-electron chi connectivity index (χ3n) is 4.45. The van der Waals surface area contributed by atoms with Gasteiger partial charge in [-0.05, 0) is 20.3 Å². The molecule has 3 heterocycles. The lowest BCUT2D eigenvalue weighted by molar-refractivity contribution is -0.0679. The quantitative estimate of drug-likeness (QED) is 0.679. The number of aromatic amines is 1. The summed E-state index contributed by atoms with van der Waals surface area (Å²) in [6.07, 6.45) is 2.42. The molecule has 0 saturated carbocycles. The number of nitrogens with one attached hydrogen (secondary N) is 3. The molecule has 2 unspecified atom stereocenters. The van der Waals surface area contributed by atoms with Crippen LogP contribution in [0, 0.1) is 0 Å². The van der Waals surface area contributed by atoms with Gasteiger partial charge in [0.05, 0.1) is 12.2 Å². The van der Waals surface area contributed by atoms with Gasteiger partial charge in [-0.15, -0.1) is 0 Å². The van der Waals surface area contributed by atoms with E-state index in [0.29, 0.717) is 12.2 Å². The molecule has 3 rings (SSSR count). The maximum Gasteiger partial charge on any atom is 0.272 e. The van der Waals surface area contributed by atoms with Crippen LogP contribution in [0.25, 0.3) is 0 Å². The number of aromatic nitrogens is 2. The van der Waals surface area contributed by atoms with E-state index in [4.69, 9.17) is 4.74 Å². The molecule has 3 N–H and O–H groups in total. The predicted molar refractivity (Wildman–Crippen MR) is 87.4 cm³/mol. The molecule has 0 aliphatic carbocycles. The van der Waals surface area contributed by atoms with E-state index in [9.17, 15) is 4.79 Å². The molecular weight excluding hydrogens is 294 g/mol. The molecule has 7 heteroatoms. The maximum absolute atomic E-state index is 12.3. The summed E-state index contributed by atoms with van der Waals surface area (Å²) in [6, 6.07) is 0. The minimum Gasteiger partial charge on any atom is -0.373 e. The van der Waals surface area contributed by atoms with Crippen LogP contribution in [-0.4, -0.2) is 65.9 Å². The zero-order valence-corrected chi connectivity index (χ0v) is 14.0. The lowest BCUT2D eigenvalue weighted by Crippen LogP contribution is -2.46. The molecule has 0 spiro atoms. The summed E-state index contributed by atoms with van der Waals surface area (Å²) in [5.41, 5.74) is 2.65. The highest BCUT2D eigenvalue weighted by Gasteiger charge is 2.23. The number of rotatable bonds is 5. The molecule has 23 heavy (non-hydrogen) atoms. The van der Waals surface area contributed by atoms with E-state index in [1.165, 1.54) is 0 Å². The van der Waals surface area contributed by atoms with Crippen LogP contribution < -0.4 is 10.6 Å².